The number of alkyl halides is 3. The summed E-state index contributed by atoms with van der Waals surface area (Å²) in [5.41, 5.74) is 1.37. The normalized spacial score (nSPS) is 19.9. The monoisotopic (exact) mass is 245 g/mol. The van der Waals surface area contributed by atoms with Gasteiger partial charge in [0.15, 0.2) is 0 Å². The van der Waals surface area contributed by atoms with Crippen LogP contribution in [0, 0.1) is 5.92 Å². The lowest BCUT2D eigenvalue weighted by molar-refractivity contribution is -0.177. The van der Waals surface area contributed by atoms with Crippen molar-refractivity contribution in [1.82, 2.24) is 10.2 Å². The second-order valence-electron chi connectivity index (χ2n) is 4.21. The van der Waals surface area contributed by atoms with Crippen LogP contribution in [-0.4, -0.2) is 22.9 Å². The summed E-state index contributed by atoms with van der Waals surface area (Å²) in [5, 5.41) is 10.9. The molecule has 1 aliphatic carbocycles. The molecule has 0 saturated heterocycles. The minimum Gasteiger partial charge on any atom is -0.369 e. The molecule has 0 aromatic carbocycles. The molecule has 0 aliphatic heterocycles. The molecule has 0 spiro atoms. The van der Waals surface area contributed by atoms with E-state index in [4.69, 9.17) is 0 Å². The first-order valence-electron chi connectivity index (χ1n) is 5.66. The lowest BCUT2D eigenvalue weighted by atomic mass is 9.86. The van der Waals surface area contributed by atoms with Gasteiger partial charge in [0.25, 0.3) is 0 Å². The van der Waals surface area contributed by atoms with Crippen LogP contribution in [-0.2, 0) is 12.8 Å². The van der Waals surface area contributed by atoms with E-state index in [2.05, 4.69) is 15.5 Å². The number of rotatable bonds is 2. The molecule has 1 atom stereocenters. The van der Waals surface area contributed by atoms with E-state index in [1.54, 1.807) is 6.07 Å². The maximum atomic E-state index is 12.6. The van der Waals surface area contributed by atoms with Crippen molar-refractivity contribution in [2.45, 2.75) is 32.4 Å². The van der Waals surface area contributed by atoms with Gasteiger partial charge in [-0.15, -0.1) is 5.10 Å². The Bertz CT molecular complexity index is 403. The van der Waals surface area contributed by atoms with Gasteiger partial charge in [-0.05, 0) is 37.8 Å². The molecule has 3 nitrogen and oxygen atoms in total. The van der Waals surface area contributed by atoms with E-state index < -0.39 is 12.1 Å². The van der Waals surface area contributed by atoms with Crippen molar-refractivity contribution in [3.05, 3.63) is 17.3 Å². The topological polar surface area (TPSA) is 37.8 Å². The van der Waals surface area contributed by atoms with Gasteiger partial charge in [0.05, 0.1) is 11.6 Å². The molecule has 1 aromatic heterocycles. The second kappa shape index (κ2) is 4.50. The number of hydrogen-bond acceptors (Lipinski definition) is 3. The largest absolute Gasteiger partial charge is 0.392 e. The molecule has 2 rings (SSSR count). The standard InChI is InChI=1S/C11H14F3N3/c1-2-15-10-6-7-5-8(11(12,13)14)3-4-9(7)16-17-10/h6,8H,2-5H2,1H3,(H,15,17). The van der Waals surface area contributed by atoms with Crippen molar-refractivity contribution in [3.8, 4) is 0 Å². The zero-order chi connectivity index (χ0) is 12.5. The molecule has 6 heteroatoms. The van der Waals surface area contributed by atoms with Gasteiger partial charge in [0, 0.05) is 6.54 Å². The zero-order valence-corrected chi connectivity index (χ0v) is 9.51. The van der Waals surface area contributed by atoms with Crippen molar-refractivity contribution in [3.63, 3.8) is 0 Å². The van der Waals surface area contributed by atoms with Gasteiger partial charge in [-0.25, -0.2) is 0 Å². The first-order chi connectivity index (χ1) is 8.00. The molecule has 94 valence electrons. The van der Waals surface area contributed by atoms with Gasteiger partial charge in [0.1, 0.15) is 5.82 Å². The van der Waals surface area contributed by atoms with Crippen LogP contribution in [0.5, 0.6) is 0 Å². The number of anilines is 1. The SMILES string of the molecule is CCNc1cc2c(nn1)CCC(C(F)(F)F)C2. The van der Waals surface area contributed by atoms with Crippen LogP contribution in [0.1, 0.15) is 24.6 Å². The summed E-state index contributed by atoms with van der Waals surface area (Å²) < 4.78 is 37.9. The maximum Gasteiger partial charge on any atom is 0.392 e. The number of fused-ring (bicyclic) bond motifs is 1. The Hall–Kier alpha value is -1.33. The molecule has 1 N–H and O–H groups in total. The number of aryl methyl sites for hydroxylation is 1. The average molecular weight is 245 g/mol. The third-order valence-electron chi connectivity index (χ3n) is 2.98. The first kappa shape index (κ1) is 12.1. The Kier molecular flexibility index (Phi) is 3.22. The van der Waals surface area contributed by atoms with Crippen LogP contribution in [0.3, 0.4) is 0 Å². The Morgan fingerprint density at radius 1 is 1.41 bits per heavy atom. The molecular formula is C11H14F3N3. The van der Waals surface area contributed by atoms with Crippen LogP contribution in [0.2, 0.25) is 0 Å². The number of halogens is 3. The van der Waals surface area contributed by atoms with Crippen molar-refractivity contribution in [2.24, 2.45) is 5.92 Å². The smallest absolute Gasteiger partial charge is 0.369 e. The molecule has 0 radical (unpaired) electrons. The lowest BCUT2D eigenvalue weighted by Crippen LogP contribution is -2.29. The molecule has 17 heavy (non-hydrogen) atoms. The summed E-state index contributed by atoms with van der Waals surface area (Å²) in [7, 11) is 0. The van der Waals surface area contributed by atoms with Crippen molar-refractivity contribution in [1.29, 1.82) is 0 Å². The van der Waals surface area contributed by atoms with E-state index in [0.717, 1.165) is 0 Å². The fourth-order valence-electron chi connectivity index (χ4n) is 2.07. The Morgan fingerprint density at radius 2 is 2.18 bits per heavy atom. The molecule has 0 saturated carbocycles. The third kappa shape index (κ3) is 2.68. The number of hydrogen-bond donors (Lipinski definition) is 1. The maximum absolute atomic E-state index is 12.6. The van der Waals surface area contributed by atoms with Gasteiger partial charge in [-0.1, -0.05) is 0 Å². The summed E-state index contributed by atoms with van der Waals surface area (Å²) in [6, 6.07) is 1.68. The summed E-state index contributed by atoms with van der Waals surface area (Å²) in [6.07, 6.45) is -3.61. The highest BCUT2D eigenvalue weighted by Crippen LogP contribution is 2.36. The van der Waals surface area contributed by atoms with Gasteiger partial charge in [-0.2, -0.15) is 18.3 Å². The minimum atomic E-state index is -4.11. The second-order valence-corrected chi connectivity index (χ2v) is 4.21. The highest BCUT2D eigenvalue weighted by Gasteiger charge is 2.41. The van der Waals surface area contributed by atoms with Crippen LogP contribution >= 0.6 is 0 Å². The van der Waals surface area contributed by atoms with E-state index in [1.807, 2.05) is 6.92 Å². The highest BCUT2D eigenvalue weighted by atomic mass is 19.4. The Morgan fingerprint density at radius 3 is 2.82 bits per heavy atom. The van der Waals surface area contributed by atoms with Gasteiger partial charge < -0.3 is 5.32 Å². The summed E-state index contributed by atoms with van der Waals surface area (Å²) in [4.78, 5) is 0. The Labute approximate surface area is 97.4 Å². The molecule has 0 fully saturated rings. The average Bonchev–Trinajstić information content (AvgIpc) is 2.27. The van der Waals surface area contributed by atoms with Gasteiger partial charge in [0.2, 0.25) is 0 Å². The number of aromatic nitrogens is 2. The van der Waals surface area contributed by atoms with Crippen LogP contribution in [0.15, 0.2) is 6.07 Å². The van der Waals surface area contributed by atoms with Crippen LogP contribution in [0.25, 0.3) is 0 Å². The third-order valence-corrected chi connectivity index (χ3v) is 2.98. The number of nitrogens with one attached hydrogen (secondary N) is 1. The van der Waals surface area contributed by atoms with E-state index in [1.165, 1.54) is 0 Å². The summed E-state index contributed by atoms with van der Waals surface area (Å²) >= 11 is 0. The highest BCUT2D eigenvalue weighted by molar-refractivity contribution is 5.39. The van der Waals surface area contributed by atoms with Crippen molar-refractivity contribution in [2.75, 3.05) is 11.9 Å². The predicted molar refractivity (Wildman–Crippen MR) is 57.8 cm³/mol. The van der Waals surface area contributed by atoms with E-state index in [9.17, 15) is 13.2 Å². The van der Waals surface area contributed by atoms with Crippen molar-refractivity contribution >= 4 is 5.82 Å². The first-order valence-corrected chi connectivity index (χ1v) is 5.66. The summed E-state index contributed by atoms with van der Waals surface area (Å²) in [5.74, 6) is -0.692. The lowest BCUT2D eigenvalue weighted by Gasteiger charge is -2.25. The molecule has 1 unspecified atom stereocenters. The molecule has 0 amide bonds. The molecule has 1 aromatic rings. The summed E-state index contributed by atoms with van der Waals surface area (Å²) in [6.45, 7) is 2.58. The minimum absolute atomic E-state index is 0.0206. The van der Waals surface area contributed by atoms with Crippen LogP contribution < -0.4 is 5.32 Å². The zero-order valence-electron chi connectivity index (χ0n) is 9.51. The van der Waals surface area contributed by atoms with E-state index >= 15 is 0 Å². The Balaban J connectivity index is 2.20. The van der Waals surface area contributed by atoms with E-state index in [0.29, 0.717) is 30.0 Å². The van der Waals surface area contributed by atoms with Crippen molar-refractivity contribution < 1.29 is 13.2 Å². The van der Waals surface area contributed by atoms with Gasteiger partial charge >= 0.3 is 6.18 Å². The number of nitrogens with zero attached hydrogens (tertiary/aromatic N) is 2. The molecule has 1 aliphatic rings. The molecular weight excluding hydrogens is 231 g/mol. The fraction of sp³-hybridized carbons (Fsp3) is 0.636. The molecule has 1 heterocycles. The fourth-order valence-corrected chi connectivity index (χ4v) is 2.07. The van der Waals surface area contributed by atoms with E-state index in [-0.39, 0.29) is 12.8 Å². The van der Waals surface area contributed by atoms with Gasteiger partial charge in [-0.3, -0.25) is 0 Å². The predicted octanol–water partition coefficient (Wildman–Crippen LogP) is 2.58. The molecule has 0 bridgehead atoms. The quantitative estimate of drug-likeness (QED) is 0.870. The van der Waals surface area contributed by atoms with Crippen LogP contribution in [0.4, 0.5) is 19.0 Å².